The van der Waals surface area contributed by atoms with Gasteiger partial charge < -0.3 is 14.4 Å². The molecular formula is C23H24N4O2. The summed E-state index contributed by atoms with van der Waals surface area (Å²) in [4.78, 5) is 33.3. The van der Waals surface area contributed by atoms with Gasteiger partial charge in [0.25, 0.3) is 0 Å². The lowest BCUT2D eigenvalue weighted by molar-refractivity contribution is -0.156. The Bertz CT molecular complexity index is 984. The highest BCUT2D eigenvalue weighted by Gasteiger charge is 2.36. The maximum absolute atomic E-state index is 12.9. The van der Waals surface area contributed by atoms with E-state index in [9.17, 15) is 9.59 Å². The molecular weight excluding hydrogens is 364 g/mol. The minimum Gasteiger partial charge on any atom is -0.329 e. The van der Waals surface area contributed by atoms with Crippen LogP contribution < -0.4 is 0 Å². The third kappa shape index (κ3) is 4.21. The van der Waals surface area contributed by atoms with Crippen LogP contribution in [0.1, 0.15) is 23.7 Å². The summed E-state index contributed by atoms with van der Waals surface area (Å²) in [5.41, 5.74) is 3.10. The third-order valence-electron chi connectivity index (χ3n) is 5.33. The standard InChI is InChI=1S/C23H24N4O2/c1-18-23(29)25(13-19-8-4-2-5-9-19)16-22(28)27(18)15-21-12-24-17-26(21)14-20-10-6-3-7-11-20/h2-12,17-18H,13-16H2,1H3/t18-/m0/s1. The fraction of sp³-hybridized carbons (Fsp3) is 0.261. The summed E-state index contributed by atoms with van der Waals surface area (Å²) in [6.45, 7) is 3.41. The zero-order valence-corrected chi connectivity index (χ0v) is 16.4. The molecule has 3 aromatic rings. The van der Waals surface area contributed by atoms with Crippen LogP contribution in [0.2, 0.25) is 0 Å². The summed E-state index contributed by atoms with van der Waals surface area (Å²) in [5.74, 6) is -0.0666. The molecule has 2 amide bonds. The second-order valence-corrected chi connectivity index (χ2v) is 7.38. The first kappa shape index (κ1) is 18.9. The maximum Gasteiger partial charge on any atom is 0.245 e. The molecule has 6 heteroatoms. The summed E-state index contributed by atoms with van der Waals surface area (Å²) >= 11 is 0. The third-order valence-corrected chi connectivity index (χ3v) is 5.33. The van der Waals surface area contributed by atoms with Gasteiger partial charge in [-0.1, -0.05) is 60.7 Å². The lowest BCUT2D eigenvalue weighted by atomic mass is 10.1. The Morgan fingerprint density at radius 2 is 1.52 bits per heavy atom. The van der Waals surface area contributed by atoms with Gasteiger partial charge in [0, 0.05) is 19.3 Å². The predicted molar refractivity (Wildman–Crippen MR) is 110 cm³/mol. The van der Waals surface area contributed by atoms with Gasteiger partial charge in [-0.2, -0.15) is 0 Å². The molecule has 148 valence electrons. The number of carbonyl (C=O) groups is 2. The van der Waals surface area contributed by atoms with E-state index in [1.54, 1.807) is 29.2 Å². The first-order valence-corrected chi connectivity index (χ1v) is 9.77. The van der Waals surface area contributed by atoms with Crippen molar-refractivity contribution >= 4 is 11.8 Å². The van der Waals surface area contributed by atoms with Crippen LogP contribution >= 0.6 is 0 Å². The molecule has 0 radical (unpaired) electrons. The van der Waals surface area contributed by atoms with Gasteiger partial charge >= 0.3 is 0 Å². The van der Waals surface area contributed by atoms with Crippen molar-refractivity contribution in [3.8, 4) is 0 Å². The minimum atomic E-state index is -0.500. The summed E-state index contributed by atoms with van der Waals surface area (Å²) in [6.07, 6.45) is 3.54. The molecule has 0 bridgehead atoms. The molecule has 29 heavy (non-hydrogen) atoms. The predicted octanol–water partition coefficient (Wildman–Crippen LogP) is 2.69. The molecule has 2 aromatic carbocycles. The molecule has 1 aliphatic rings. The van der Waals surface area contributed by atoms with Crippen LogP contribution in [-0.2, 0) is 29.2 Å². The molecule has 6 nitrogen and oxygen atoms in total. The van der Waals surface area contributed by atoms with E-state index in [4.69, 9.17) is 0 Å². The summed E-state index contributed by atoms with van der Waals surface area (Å²) < 4.78 is 2.02. The van der Waals surface area contributed by atoms with Crippen LogP contribution in [0.3, 0.4) is 0 Å². The number of amides is 2. The molecule has 0 aliphatic carbocycles. The second-order valence-electron chi connectivity index (χ2n) is 7.38. The lowest BCUT2D eigenvalue weighted by Crippen LogP contribution is -2.58. The van der Waals surface area contributed by atoms with Crippen molar-refractivity contribution < 1.29 is 9.59 Å². The van der Waals surface area contributed by atoms with Crippen molar-refractivity contribution in [3.05, 3.63) is 90.0 Å². The Balaban J connectivity index is 1.46. The number of piperazine rings is 1. The van der Waals surface area contributed by atoms with E-state index in [1.807, 2.05) is 53.1 Å². The topological polar surface area (TPSA) is 58.4 Å². The van der Waals surface area contributed by atoms with Crippen molar-refractivity contribution in [3.63, 3.8) is 0 Å². The molecule has 0 N–H and O–H groups in total. The molecule has 4 rings (SSSR count). The lowest BCUT2D eigenvalue weighted by Gasteiger charge is -2.38. The summed E-state index contributed by atoms with van der Waals surface area (Å²) in [5, 5.41) is 0. The minimum absolute atomic E-state index is 0.0254. The Hall–Kier alpha value is -3.41. The van der Waals surface area contributed by atoms with E-state index in [2.05, 4.69) is 17.1 Å². The number of imidazole rings is 1. The van der Waals surface area contributed by atoms with Crippen LogP contribution in [0.5, 0.6) is 0 Å². The largest absolute Gasteiger partial charge is 0.329 e. The van der Waals surface area contributed by atoms with Gasteiger partial charge in [-0.15, -0.1) is 0 Å². The maximum atomic E-state index is 12.9. The van der Waals surface area contributed by atoms with Crippen molar-refractivity contribution in [1.29, 1.82) is 0 Å². The smallest absolute Gasteiger partial charge is 0.245 e. The number of hydrogen-bond donors (Lipinski definition) is 0. The van der Waals surface area contributed by atoms with Gasteiger partial charge in [0.2, 0.25) is 11.8 Å². The molecule has 1 aliphatic heterocycles. The van der Waals surface area contributed by atoms with E-state index in [-0.39, 0.29) is 18.4 Å². The van der Waals surface area contributed by atoms with Crippen LogP contribution in [0.25, 0.3) is 0 Å². The molecule has 0 spiro atoms. The van der Waals surface area contributed by atoms with Gasteiger partial charge in [0.05, 0.1) is 18.6 Å². The number of rotatable bonds is 6. The van der Waals surface area contributed by atoms with E-state index in [0.29, 0.717) is 19.6 Å². The number of carbonyl (C=O) groups excluding carboxylic acids is 2. The fourth-order valence-electron chi connectivity index (χ4n) is 3.69. The molecule has 1 fully saturated rings. The molecule has 2 heterocycles. The van der Waals surface area contributed by atoms with Crippen LogP contribution in [0, 0.1) is 0 Å². The van der Waals surface area contributed by atoms with Gasteiger partial charge in [-0.25, -0.2) is 4.98 Å². The fourth-order valence-corrected chi connectivity index (χ4v) is 3.69. The van der Waals surface area contributed by atoms with E-state index < -0.39 is 6.04 Å². The Morgan fingerprint density at radius 3 is 2.17 bits per heavy atom. The van der Waals surface area contributed by atoms with E-state index in [1.165, 1.54) is 0 Å². The highest BCUT2D eigenvalue weighted by atomic mass is 16.2. The van der Waals surface area contributed by atoms with E-state index >= 15 is 0 Å². The number of aromatic nitrogens is 2. The SMILES string of the molecule is C[C@H]1C(=O)N(Cc2ccccc2)CC(=O)N1Cc1cncn1Cc1ccccc1. The molecule has 1 atom stereocenters. The van der Waals surface area contributed by atoms with Gasteiger partial charge in [0.15, 0.2) is 0 Å². The van der Waals surface area contributed by atoms with Crippen molar-refractivity contribution in [2.24, 2.45) is 0 Å². The average molecular weight is 388 g/mol. The first-order valence-electron chi connectivity index (χ1n) is 9.77. The summed E-state index contributed by atoms with van der Waals surface area (Å²) in [6, 6.07) is 19.4. The van der Waals surface area contributed by atoms with Crippen molar-refractivity contribution in [1.82, 2.24) is 19.4 Å². The second kappa shape index (κ2) is 8.31. The van der Waals surface area contributed by atoms with E-state index in [0.717, 1.165) is 16.8 Å². The molecule has 1 saturated heterocycles. The molecule has 0 saturated carbocycles. The average Bonchev–Trinajstić information content (AvgIpc) is 3.17. The molecule has 1 aromatic heterocycles. The van der Waals surface area contributed by atoms with Crippen LogP contribution in [0.15, 0.2) is 73.2 Å². The summed E-state index contributed by atoms with van der Waals surface area (Å²) in [7, 11) is 0. The highest BCUT2D eigenvalue weighted by molar-refractivity contribution is 5.94. The van der Waals surface area contributed by atoms with Gasteiger partial charge in [-0.05, 0) is 18.1 Å². The number of hydrogen-bond acceptors (Lipinski definition) is 3. The Morgan fingerprint density at radius 1 is 0.897 bits per heavy atom. The molecule has 0 unspecified atom stereocenters. The zero-order valence-electron chi connectivity index (χ0n) is 16.4. The Labute approximate surface area is 170 Å². The van der Waals surface area contributed by atoms with Gasteiger partial charge in [0.1, 0.15) is 12.6 Å². The number of benzene rings is 2. The highest BCUT2D eigenvalue weighted by Crippen LogP contribution is 2.19. The van der Waals surface area contributed by atoms with Crippen LogP contribution in [0.4, 0.5) is 0 Å². The zero-order chi connectivity index (χ0) is 20.2. The Kier molecular flexibility index (Phi) is 5.42. The quantitative estimate of drug-likeness (QED) is 0.652. The van der Waals surface area contributed by atoms with Gasteiger partial charge in [-0.3, -0.25) is 9.59 Å². The van der Waals surface area contributed by atoms with Crippen molar-refractivity contribution in [2.45, 2.75) is 32.6 Å². The monoisotopic (exact) mass is 388 g/mol. The first-order chi connectivity index (χ1) is 14.1. The number of nitrogens with zero attached hydrogens (tertiary/aromatic N) is 4. The normalized spacial score (nSPS) is 17.1. The van der Waals surface area contributed by atoms with Crippen LogP contribution in [-0.4, -0.2) is 43.8 Å². The van der Waals surface area contributed by atoms with Crippen molar-refractivity contribution in [2.75, 3.05) is 6.54 Å².